The Kier molecular flexibility index (Phi) is 18.2. The van der Waals surface area contributed by atoms with Crippen molar-refractivity contribution in [3.8, 4) is 0 Å². The van der Waals surface area contributed by atoms with Crippen molar-refractivity contribution in [3.05, 3.63) is 29.8 Å². The fraction of sp³-hybridized carbons (Fsp3) is 0.816. The second-order valence-corrected chi connectivity index (χ2v) is 20.7. The standard InChI is InChI=1S/C49H81N3O14/c1-14-36-49(10,59)41(55)30(6)44(56)51-26(2)23-47(8,58)42(66-46-39(54)35(52(11)12)21-27(3)61-46)28(4)40(29(5)45(57)63-36)65-38-24-48(9,60-13)43(31(7)62-38)64-37(53)20-19-32-22-33-17-15-16-18-34(33)50-25-32/h15-18,26-32,35-36,38-43,46,50,54-55,58-59H,14,19-25H2,1-13H3,(H,51,56)/t26-,27-,28+,29-,30-,31+,32?,35+,36-,38+,39-,40+,41-,42-,43+,46+,47-,48-,49-/m1/s1. The second-order valence-electron chi connectivity index (χ2n) is 20.7. The molecule has 17 nitrogen and oxygen atoms in total. The molecule has 6 N–H and O–H groups in total. The molecule has 3 saturated heterocycles. The molecule has 1 aromatic carbocycles. The number of anilines is 1. The zero-order valence-electron chi connectivity index (χ0n) is 41.5. The summed E-state index contributed by atoms with van der Waals surface area (Å²) in [5.74, 6) is -4.66. The minimum atomic E-state index is -2.05. The quantitative estimate of drug-likeness (QED) is 0.174. The van der Waals surface area contributed by atoms with Crippen LogP contribution >= 0.6 is 0 Å². The lowest BCUT2D eigenvalue weighted by molar-refractivity contribution is -0.318. The van der Waals surface area contributed by atoms with Crippen molar-refractivity contribution >= 4 is 23.5 Å². The molecule has 1 aromatic rings. The van der Waals surface area contributed by atoms with Gasteiger partial charge in [0.25, 0.3) is 0 Å². The molecule has 1 unspecified atom stereocenters. The number of likely N-dealkylation sites (N-methyl/N-ethyl adjacent to an activating group) is 1. The Bertz CT molecular complexity index is 1780. The first-order valence-corrected chi connectivity index (χ1v) is 24.0. The number of nitrogens with zero attached hydrogens (tertiary/aromatic N) is 1. The summed E-state index contributed by atoms with van der Waals surface area (Å²) in [5.41, 5.74) is -2.61. The number of cyclic esters (lactones) is 1. The number of amides is 1. The molecule has 17 heteroatoms. The van der Waals surface area contributed by atoms with Gasteiger partial charge in [0, 0.05) is 50.2 Å². The third-order valence-corrected chi connectivity index (χ3v) is 14.8. The van der Waals surface area contributed by atoms with Gasteiger partial charge in [-0.25, -0.2) is 0 Å². The highest BCUT2D eigenvalue weighted by atomic mass is 16.7. The molecule has 5 rings (SSSR count). The minimum absolute atomic E-state index is 0.0634. The highest BCUT2D eigenvalue weighted by Crippen LogP contribution is 2.41. The number of esters is 2. The van der Waals surface area contributed by atoms with Crippen LogP contribution in [0.1, 0.15) is 113 Å². The molecule has 4 aliphatic heterocycles. The van der Waals surface area contributed by atoms with Gasteiger partial charge < -0.3 is 69.1 Å². The molecule has 1 amide bonds. The number of ether oxygens (including phenoxy) is 7. The maximum atomic E-state index is 14.5. The summed E-state index contributed by atoms with van der Waals surface area (Å²) in [6.45, 7) is 17.3. The number of rotatable bonds is 11. The number of aliphatic hydroxyl groups excluding tert-OH is 2. The topological polar surface area (TPSA) is 224 Å². The maximum absolute atomic E-state index is 14.5. The largest absolute Gasteiger partial charge is 0.459 e. The summed E-state index contributed by atoms with van der Waals surface area (Å²) in [7, 11) is 5.23. The monoisotopic (exact) mass is 936 g/mol. The van der Waals surface area contributed by atoms with Gasteiger partial charge in [-0.2, -0.15) is 0 Å². The smallest absolute Gasteiger partial charge is 0.311 e. The first kappa shape index (κ1) is 54.0. The van der Waals surface area contributed by atoms with Crippen LogP contribution in [-0.2, 0) is 54.0 Å². The molecule has 0 bridgehead atoms. The molecule has 0 aromatic heterocycles. The molecule has 0 spiro atoms. The highest BCUT2D eigenvalue weighted by Gasteiger charge is 2.54. The number of methoxy groups -OCH3 is 1. The number of benzene rings is 1. The average molecular weight is 936 g/mol. The Hall–Kier alpha value is -2.97. The Morgan fingerprint density at radius 1 is 0.939 bits per heavy atom. The van der Waals surface area contributed by atoms with Gasteiger partial charge in [-0.1, -0.05) is 39.0 Å². The van der Waals surface area contributed by atoms with Crippen molar-refractivity contribution in [3.63, 3.8) is 0 Å². The van der Waals surface area contributed by atoms with E-state index in [9.17, 15) is 34.8 Å². The number of nitrogens with one attached hydrogen (secondary N) is 2. The summed E-state index contributed by atoms with van der Waals surface area (Å²) in [5, 5.41) is 53.8. The molecule has 66 heavy (non-hydrogen) atoms. The molecule has 19 atom stereocenters. The Morgan fingerprint density at radius 2 is 1.62 bits per heavy atom. The van der Waals surface area contributed by atoms with Crippen LogP contribution in [-0.4, -0.2) is 161 Å². The van der Waals surface area contributed by atoms with E-state index in [0.29, 0.717) is 12.8 Å². The lowest BCUT2D eigenvalue weighted by Crippen LogP contribution is -2.61. The van der Waals surface area contributed by atoms with Crippen LogP contribution in [0.25, 0.3) is 0 Å². The van der Waals surface area contributed by atoms with Gasteiger partial charge in [-0.15, -0.1) is 0 Å². The van der Waals surface area contributed by atoms with Crippen LogP contribution in [0, 0.1) is 23.7 Å². The molecular formula is C49H81N3O14. The van der Waals surface area contributed by atoms with Gasteiger partial charge in [0.2, 0.25) is 5.91 Å². The molecule has 3 fully saturated rings. The second kappa shape index (κ2) is 22.2. The van der Waals surface area contributed by atoms with Gasteiger partial charge in [0.1, 0.15) is 23.4 Å². The van der Waals surface area contributed by atoms with E-state index in [4.69, 9.17) is 33.2 Å². The van der Waals surface area contributed by atoms with E-state index >= 15 is 0 Å². The van der Waals surface area contributed by atoms with Crippen LogP contribution in [0.5, 0.6) is 0 Å². The van der Waals surface area contributed by atoms with Crippen LogP contribution in [0.4, 0.5) is 5.69 Å². The van der Waals surface area contributed by atoms with E-state index in [-0.39, 0.29) is 49.7 Å². The molecule has 4 aliphatic rings. The molecule has 0 saturated carbocycles. The highest BCUT2D eigenvalue weighted by molar-refractivity contribution is 5.79. The zero-order chi connectivity index (χ0) is 49.1. The third-order valence-electron chi connectivity index (χ3n) is 14.8. The van der Waals surface area contributed by atoms with Gasteiger partial charge in [0.05, 0.1) is 48.0 Å². The van der Waals surface area contributed by atoms with Crippen LogP contribution in [0.15, 0.2) is 24.3 Å². The average Bonchev–Trinajstić information content (AvgIpc) is 3.25. The zero-order valence-corrected chi connectivity index (χ0v) is 41.5. The van der Waals surface area contributed by atoms with Gasteiger partial charge in [-0.05, 0) is 112 Å². The van der Waals surface area contributed by atoms with Crippen LogP contribution in [0.2, 0.25) is 0 Å². The van der Waals surface area contributed by atoms with Gasteiger partial charge in [0.15, 0.2) is 18.7 Å². The summed E-state index contributed by atoms with van der Waals surface area (Å²) in [6, 6.07) is 7.12. The van der Waals surface area contributed by atoms with E-state index in [1.165, 1.54) is 26.5 Å². The van der Waals surface area contributed by atoms with Crippen molar-refractivity contribution in [2.24, 2.45) is 23.7 Å². The Labute approximate surface area is 391 Å². The molecule has 0 aliphatic carbocycles. The fourth-order valence-corrected chi connectivity index (χ4v) is 10.7. The van der Waals surface area contributed by atoms with Gasteiger partial charge in [-0.3, -0.25) is 14.4 Å². The normalized spacial score (nSPS) is 43.1. The lowest BCUT2D eigenvalue weighted by atomic mass is 9.78. The summed E-state index contributed by atoms with van der Waals surface area (Å²) in [4.78, 5) is 43.4. The van der Waals surface area contributed by atoms with Crippen molar-refractivity contribution in [2.75, 3.05) is 33.1 Å². The lowest BCUT2D eigenvalue weighted by Gasteiger charge is -2.49. The first-order valence-electron chi connectivity index (χ1n) is 24.0. The minimum Gasteiger partial charge on any atom is -0.459 e. The van der Waals surface area contributed by atoms with Crippen molar-refractivity contribution in [2.45, 2.75) is 204 Å². The number of para-hydroxylation sites is 1. The maximum Gasteiger partial charge on any atom is 0.311 e. The SMILES string of the molecule is CC[C@H]1OC(=O)[C@H](C)[C@@H](O[C@H]2C[C@@](C)(OC)[C@@H](OC(=O)CCC3CNc4ccccc4C3)[C@H](C)O2)[C@H](C)[C@@H](O[C@@H]2O[C@H](C)C[C@H](N(C)C)[C@H]2O)[C@](C)(O)C[C@@H](C)NC(=O)[C@H](C)[C@@H](O)[C@]1(C)O. The number of carbonyl (C=O) groups is 3. The van der Waals surface area contributed by atoms with E-state index in [1.54, 1.807) is 41.5 Å². The molecule has 376 valence electrons. The number of aliphatic hydroxyl groups is 4. The summed E-state index contributed by atoms with van der Waals surface area (Å²) in [6.07, 6.45) is -8.25. The van der Waals surface area contributed by atoms with Crippen LogP contribution in [0.3, 0.4) is 0 Å². The van der Waals surface area contributed by atoms with E-state index in [1.807, 2.05) is 45.0 Å². The van der Waals surface area contributed by atoms with Crippen molar-refractivity contribution in [1.82, 2.24) is 10.2 Å². The predicted octanol–water partition coefficient (Wildman–Crippen LogP) is 3.70. The Balaban J connectivity index is 1.46. The van der Waals surface area contributed by atoms with E-state index in [2.05, 4.69) is 22.8 Å². The number of hydrogen-bond donors (Lipinski definition) is 6. The molecule has 4 heterocycles. The van der Waals surface area contributed by atoms with E-state index < -0.39 is 108 Å². The third kappa shape index (κ3) is 12.4. The summed E-state index contributed by atoms with van der Waals surface area (Å²) >= 11 is 0. The number of fused-ring (bicyclic) bond motifs is 1. The Morgan fingerprint density at radius 3 is 2.27 bits per heavy atom. The fourth-order valence-electron chi connectivity index (χ4n) is 10.7. The molecular weight excluding hydrogens is 855 g/mol. The van der Waals surface area contributed by atoms with E-state index in [0.717, 1.165) is 18.7 Å². The predicted molar refractivity (Wildman–Crippen MR) is 245 cm³/mol. The van der Waals surface area contributed by atoms with Crippen LogP contribution < -0.4 is 10.6 Å². The summed E-state index contributed by atoms with van der Waals surface area (Å²) < 4.78 is 44.6. The van der Waals surface area contributed by atoms with Gasteiger partial charge >= 0.3 is 11.9 Å². The van der Waals surface area contributed by atoms with Crippen molar-refractivity contribution in [1.29, 1.82) is 0 Å². The van der Waals surface area contributed by atoms with Crippen molar-refractivity contribution < 1.29 is 68.0 Å². The molecule has 0 radical (unpaired) electrons. The number of carbonyl (C=O) groups excluding carboxylic acids is 3. The number of hydrogen-bond acceptors (Lipinski definition) is 16. The first-order chi connectivity index (χ1) is 30.8.